The minimum atomic E-state index is -0.127. The molecular weight excluding hydrogens is 248 g/mol. The van der Waals surface area contributed by atoms with E-state index in [1.54, 1.807) is 5.38 Å². The minimum Gasteiger partial charge on any atom is -0.396 e. The summed E-state index contributed by atoms with van der Waals surface area (Å²) in [5.74, 6) is -0.127. The zero-order chi connectivity index (χ0) is 13.0. The number of hydrogen-bond donors (Lipinski definition) is 2. The Labute approximate surface area is 111 Å². The van der Waals surface area contributed by atoms with Crippen molar-refractivity contribution in [3.63, 3.8) is 0 Å². The van der Waals surface area contributed by atoms with Crippen molar-refractivity contribution in [3.8, 4) is 0 Å². The summed E-state index contributed by atoms with van der Waals surface area (Å²) in [6.45, 7) is 2.60. The van der Waals surface area contributed by atoms with Gasteiger partial charge in [-0.2, -0.15) is 0 Å². The van der Waals surface area contributed by atoms with E-state index in [-0.39, 0.29) is 17.9 Å². The molecule has 2 rings (SSSR count). The van der Waals surface area contributed by atoms with E-state index in [0.717, 1.165) is 30.7 Å². The summed E-state index contributed by atoms with van der Waals surface area (Å²) in [6.07, 6.45) is 5.53. The van der Waals surface area contributed by atoms with Crippen LogP contribution in [0.1, 0.15) is 47.6 Å². The second-order valence-corrected chi connectivity index (χ2v) is 6.22. The van der Waals surface area contributed by atoms with Gasteiger partial charge in [-0.25, -0.2) is 4.98 Å². The quantitative estimate of drug-likeness (QED) is 0.879. The molecule has 4 nitrogen and oxygen atoms in total. The fraction of sp³-hybridized carbons (Fsp3) is 0.692. The van der Waals surface area contributed by atoms with E-state index < -0.39 is 0 Å². The molecule has 0 atom stereocenters. The number of carbonyl (C=O) groups excluding carboxylic acids is 1. The van der Waals surface area contributed by atoms with E-state index in [2.05, 4.69) is 10.3 Å². The molecule has 1 heterocycles. The third kappa shape index (κ3) is 3.09. The number of carbonyl (C=O) groups is 1. The third-order valence-electron chi connectivity index (χ3n) is 3.73. The number of rotatable bonds is 4. The van der Waals surface area contributed by atoms with Gasteiger partial charge in [-0.15, -0.1) is 11.3 Å². The second-order valence-electron chi connectivity index (χ2n) is 5.15. The van der Waals surface area contributed by atoms with Gasteiger partial charge in [0.15, 0.2) is 0 Å². The van der Waals surface area contributed by atoms with Crippen molar-refractivity contribution >= 4 is 17.2 Å². The van der Waals surface area contributed by atoms with E-state index in [0.29, 0.717) is 12.2 Å². The smallest absolute Gasteiger partial charge is 0.270 e. The van der Waals surface area contributed by atoms with Gasteiger partial charge in [0, 0.05) is 17.3 Å². The van der Waals surface area contributed by atoms with Crippen LogP contribution in [-0.2, 0) is 0 Å². The molecule has 0 spiro atoms. The highest BCUT2D eigenvalue weighted by Gasteiger charge is 2.31. The molecule has 0 aliphatic heterocycles. The average molecular weight is 268 g/mol. The summed E-state index contributed by atoms with van der Waals surface area (Å²) in [5, 5.41) is 15.2. The molecule has 0 unspecified atom stereocenters. The van der Waals surface area contributed by atoms with Crippen molar-refractivity contribution in [1.29, 1.82) is 0 Å². The molecule has 0 radical (unpaired) electrons. The molecule has 1 aromatic rings. The molecule has 1 aliphatic carbocycles. The lowest BCUT2D eigenvalue weighted by Gasteiger charge is -2.35. The minimum absolute atomic E-state index is 0.112. The van der Waals surface area contributed by atoms with Gasteiger partial charge in [-0.1, -0.05) is 19.3 Å². The molecule has 1 saturated carbocycles. The molecule has 2 N–H and O–H groups in total. The van der Waals surface area contributed by atoms with Crippen LogP contribution in [0.15, 0.2) is 5.38 Å². The van der Waals surface area contributed by atoms with E-state index in [1.807, 2.05) is 6.92 Å². The van der Waals surface area contributed by atoms with Crippen molar-refractivity contribution in [1.82, 2.24) is 10.3 Å². The van der Waals surface area contributed by atoms with E-state index in [9.17, 15) is 9.90 Å². The first-order valence-electron chi connectivity index (χ1n) is 6.46. The summed E-state index contributed by atoms with van der Waals surface area (Å²) in [4.78, 5) is 16.1. The SMILES string of the molecule is Cc1nc(C(=O)NCC2(CO)CCCCC2)cs1. The second kappa shape index (κ2) is 5.80. The number of nitrogens with one attached hydrogen (secondary N) is 1. The Kier molecular flexibility index (Phi) is 4.35. The number of amides is 1. The number of aryl methyl sites for hydroxylation is 1. The maximum absolute atomic E-state index is 11.9. The van der Waals surface area contributed by atoms with Crippen molar-refractivity contribution in [2.75, 3.05) is 13.2 Å². The molecule has 18 heavy (non-hydrogen) atoms. The highest BCUT2D eigenvalue weighted by Crippen LogP contribution is 2.35. The van der Waals surface area contributed by atoms with Gasteiger partial charge in [0.1, 0.15) is 5.69 Å². The summed E-state index contributed by atoms with van der Waals surface area (Å²) >= 11 is 1.48. The van der Waals surface area contributed by atoms with Crippen LogP contribution in [0.25, 0.3) is 0 Å². The zero-order valence-corrected chi connectivity index (χ0v) is 11.6. The molecule has 1 aliphatic rings. The molecule has 5 heteroatoms. The lowest BCUT2D eigenvalue weighted by molar-refractivity contribution is 0.0716. The van der Waals surface area contributed by atoms with Gasteiger partial charge in [0.25, 0.3) is 5.91 Å². The van der Waals surface area contributed by atoms with Crippen molar-refractivity contribution in [3.05, 3.63) is 16.1 Å². The number of aliphatic hydroxyl groups excluding tert-OH is 1. The standard InChI is InChI=1S/C13H20N2O2S/c1-10-15-11(7-18-10)12(17)14-8-13(9-16)5-3-2-4-6-13/h7,16H,2-6,8-9H2,1H3,(H,14,17). The number of aliphatic hydroxyl groups is 1. The van der Waals surface area contributed by atoms with Gasteiger partial charge in [-0.3, -0.25) is 4.79 Å². The van der Waals surface area contributed by atoms with Crippen LogP contribution in [0, 0.1) is 12.3 Å². The molecule has 1 amide bonds. The first-order chi connectivity index (χ1) is 8.65. The fourth-order valence-electron chi connectivity index (χ4n) is 2.52. The summed E-state index contributed by atoms with van der Waals surface area (Å²) in [6, 6.07) is 0. The fourth-order valence-corrected chi connectivity index (χ4v) is 3.11. The lowest BCUT2D eigenvalue weighted by Crippen LogP contribution is -2.41. The monoisotopic (exact) mass is 268 g/mol. The first-order valence-corrected chi connectivity index (χ1v) is 7.34. The molecule has 0 saturated heterocycles. The number of hydrogen-bond acceptors (Lipinski definition) is 4. The van der Waals surface area contributed by atoms with Crippen LogP contribution in [0.3, 0.4) is 0 Å². The number of thiazole rings is 1. The van der Waals surface area contributed by atoms with Crippen molar-refractivity contribution in [2.24, 2.45) is 5.41 Å². The van der Waals surface area contributed by atoms with Crippen LogP contribution in [0.4, 0.5) is 0 Å². The summed E-state index contributed by atoms with van der Waals surface area (Å²) in [7, 11) is 0. The maximum atomic E-state index is 11.9. The Hall–Kier alpha value is -0.940. The van der Waals surface area contributed by atoms with E-state index in [1.165, 1.54) is 17.8 Å². The largest absolute Gasteiger partial charge is 0.396 e. The predicted octanol–water partition coefficient (Wildman–Crippen LogP) is 2.12. The first kappa shape index (κ1) is 13.5. The van der Waals surface area contributed by atoms with Gasteiger partial charge >= 0.3 is 0 Å². The van der Waals surface area contributed by atoms with Crippen LogP contribution in [-0.4, -0.2) is 29.1 Å². The summed E-state index contributed by atoms with van der Waals surface area (Å²) < 4.78 is 0. The summed E-state index contributed by atoms with van der Waals surface area (Å²) in [5.41, 5.74) is 0.375. The average Bonchev–Trinajstić information content (AvgIpc) is 2.84. The van der Waals surface area contributed by atoms with Crippen molar-refractivity contribution < 1.29 is 9.90 Å². The third-order valence-corrected chi connectivity index (χ3v) is 4.50. The Balaban J connectivity index is 1.91. The number of nitrogens with zero attached hydrogens (tertiary/aromatic N) is 1. The predicted molar refractivity (Wildman–Crippen MR) is 71.8 cm³/mol. The maximum Gasteiger partial charge on any atom is 0.270 e. The molecule has 100 valence electrons. The van der Waals surface area contributed by atoms with Crippen LogP contribution >= 0.6 is 11.3 Å². The normalized spacial score (nSPS) is 18.6. The molecule has 1 fully saturated rings. The van der Waals surface area contributed by atoms with Gasteiger partial charge in [0.2, 0.25) is 0 Å². The van der Waals surface area contributed by atoms with Gasteiger partial charge in [0.05, 0.1) is 11.6 Å². The lowest BCUT2D eigenvalue weighted by atomic mass is 9.74. The molecule has 0 aromatic carbocycles. The topological polar surface area (TPSA) is 62.2 Å². The van der Waals surface area contributed by atoms with Gasteiger partial charge in [-0.05, 0) is 19.8 Å². The zero-order valence-electron chi connectivity index (χ0n) is 10.7. The number of aromatic nitrogens is 1. The van der Waals surface area contributed by atoms with Crippen LogP contribution in [0.2, 0.25) is 0 Å². The molecular formula is C13H20N2O2S. The van der Waals surface area contributed by atoms with Crippen molar-refractivity contribution in [2.45, 2.75) is 39.0 Å². The Morgan fingerprint density at radius 3 is 2.78 bits per heavy atom. The molecule has 1 aromatic heterocycles. The Morgan fingerprint density at radius 2 is 2.22 bits per heavy atom. The molecule has 0 bridgehead atoms. The Bertz CT molecular complexity index is 411. The highest BCUT2D eigenvalue weighted by atomic mass is 32.1. The van der Waals surface area contributed by atoms with E-state index in [4.69, 9.17) is 0 Å². The van der Waals surface area contributed by atoms with Crippen LogP contribution in [0.5, 0.6) is 0 Å². The highest BCUT2D eigenvalue weighted by molar-refractivity contribution is 7.09. The van der Waals surface area contributed by atoms with E-state index >= 15 is 0 Å². The van der Waals surface area contributed by atoms with Crippen LogP contribution < -0.4 is 5.32 Å². The Morgan fingerprint density at radius 1 is 1.50 bits per heavy atom. The van der Waals surface area contributed by atoms with Gasteiger partial charge < -0.3 is 10.4 Å².